The minimum atomic E-state index is 0.821. The lowest BCUT2D eigenvalue weighted by Crippen LogP contribution is -2.03. The fourth-order valence-corrected chi connectivity index (χ4v) is 2.78. The maximum absolute atomic E-state index is 4.04. The molecule has 2 aliphatic carbocycles. The monoisotopic (exact) mass is 306 g/mol. The van der Waals surface area contributed by atoms with E-state index >= 15 is 0 Å². The molecule has 2 aromatic heterocycles. The van der Waals surface area contributed by atoms with E-state index in [0.29, 0.717) is 0 Å². The maximum atomic E-state index is 4.04. The van der Waals surface area contributed by atoms with Gasteiger partial charge in [-0.15, -0.1) is 0 Å². The molecule has 2 heterocycles. The molecule has 2 aromatic rings. The molecule has 0 aliphatic heterocycles. The fourth-order valence-electron chi connectivity index (χ4n) is 2.78. The van der Waals surface area contributed by atoms with Crippen LogP contribution in [0.4, 0.5) is 0 Å². The molecule has 120 valence electrons. The van der Waals surface area contributed by atoms with E-state index in [-0.39, 0.29) is 0 Å². The number of rotatable bonds is 1. The largest absolute Gasteiger partial charge is 0.265 e. The average Bonchev–Trinajstić information content (AvgIpc) is 3.25. The lowest BCUT2D eigenvalue weighted by Gasteiger charge is -2.21. The first-order valence-corrected chi connectivity index (χ1v) is 8.53. The molecule has 0 saturated heterocycles. The van der Waals surface area contributed by atoms with Gasteiger partial charge in [0.25, 0.3) is 0 Å². The Morgan fingerprint density at radius 3 is 1.74 bits per heavy atom. The third kappa shape index (κ3) is 7.55. The molecule has 0 unspecified atom stereocenters. The molecule has 0 aromatic carbocycles. The van der Waals surface area contributed by atoms with Gasteiger partial charge in [0.1, 0.15) is 0 Å². The smallest absolute Gasteiger partial charge is 0.0270 e. The second kappa shape index (κ2) is 11.4. The standard InChI is InChI=1S/C11H15N.C5H5N.C5H6/c1-2-4-10(5-3-1)11-6-8-12-9-7-11;1-2-4-6-5-3-1;1-2-4-5-3-1/h6-10H,1-5H2;1-5H;1-4H,5H2. The molecule has 0 N–H and O–H groups in total. The number of hydrogen-bond acceptors (Lipinski definition) is 2. The van der Waals surface area contributed by atoms with Crippen molar-refractivity contribution < 1.29 is 0 Å². The predicted octanol–water partition coefficient (Wildman–Crippen LogP) is 5.71. The van der Waals surface area contributed by atoms with Crippen LogP contribution in [0, 0.1) is 0 Å². The van der Waals surface area contributed by atoms with Gasteiger partial charge < -0.3 is 0 Å². The van der Waals surface area contributed by atoms with Crippen molar-refractivity contribution in [3.05, 3.63) is 85.0 Å². The van der Waals surface area contributed by atoms with Crippen LogP contribution in [0.2, 0.25) is 0 Å². The first-order valence-electron chi connectivity index (χ1n) is 8.53. The Balaban J connectivity index is 0.000000145. The average molecular weight is 306 g/mol. The Hall–Kier alpha value is -2.22. The Kier molecular flexibility index (Phi) is 8.47. The van der Waals surface area contributed by atoms with Crippen LogP contribution in [0.5, 0.6) is 0 Å². The normalized spacial score (nSPS) is 16.0. The van der Waals surface area contributed by atoms with Crippen molar-refractivity contribution in [3.63, 3.8) is 0 Å². The molecule has 1 saturated carbocycles. The summed E-state index contributed by atoms with van der Waals surface area (Å²) in [6.07, 6.45) is 23.8. The summed E-state index contributed by atoms with van der Waals surface area (Å²) in [4.78, 5) is 7.82. The van der Waals surface area contributed by atoms with Gasteiger partial charge in [-0.2, -0.15) is 0 Å². The molecule has 23 heavy (non-hydrogen) atoms. The highest BCUT2D eigenvalue weighted by molar-refractivity contribution is 5.16. The summed E-state index contributed by atoms with van der Waals surface area (Å²) >= 11 is 0. The van der Waals surface area contributed by atoms with Crippen LogP contribution in [0.15, 0.2) is 79.4 Å². The van der Waals surface area contributed by atoms with Crippen molar-refractivity contribution in [2.75, 3.05) is 0 Å². The first-order chi connectivity index (χ1) is 11.5. The lowest BCUT2D eigenvalue weighted by molar-refractivity contribution is 0.443. The van der Waals surface area contributed by atoms with Crippen molar-refractivity contribution in [2.24, 2.45) is 0 Å². The van der Waals surface area contributed by atoms with Gasteiger partial charge in [0.2, 0.25) is 0 Å². The van der Waals surface area contributed by atoms with E-state index < -0.39 is 0 Å². The molecule has 0 radical (unpaired) electrons. The molecular weight excluding hydrogens is 280 g/mol. The van der Waals surface area contributed by atoms with Crippen molar-refractivity contribution in [1.82, 2.24) is 9.97 Å². The highest BCUT2D eigenvalue weighted by Crippen LogP contribution is 2.31. The Bertz CT molecular complexity index is 518. The summed E-state index contributed by atoms with van der Waals surface area (Å²) in [5, 5.41) is 0. The first kappa shape index (κ1) is 17.1. The van der Waals surface area contributed by atoms with Gasteiger partial charge in [-0.25, -0.2) is 0 Å². The third-order valence-corrected chi connectivity index (χ3v) is 4.00. The minimum absolute atomic E-state index is 0.821. The number of pyridine rings is 2. The molecule has 2 aliphatic rings. The highest BCUT2D eigenvalue weighted by Gasteiger charge is 2.14. The molecule has 4 rings (SSSR count). The zero-order valence-corrected chi connectivity index (χ0v) is 13.7. The van der Waals surface area contributed by atoms with Gasteiger partial charge in [0.05, 0.1) is 0 Å². The minimum Gasteiger partial charge on any atom is -0.265 e. The van der Waals surface area contributed by atoms with Crippen molar-refractivity contribution in [2.45, 2.75) is 44.4 Å². The maximum Gasteiger partial charge on any atom is 0.0270 e. The van der Waals surface area contributed by atoms with Gasteiger partial charge in [0, 0.05) is 24.8 Å². The Morgan fingerprint density at radius 1 is 0.696 bits per heavy atom. The highest BCUT2D eigenvalue weighted by atomic mass is 14.6. The molecule has 0 amide bonds. The summed E-state index contributed by atoms with van der Waals surface area (Å²) < 4.78 is 0. The van der Waals surface area contributed by atoms with E-state index in [1.54, 1.807) is 12.4 Å². The summed E-state index contributed by atoms with van der Waals surface area (Å²) in [5.41, 5.74) is 1.49. The second-order valence-corrected chi connectivity index (χ2v) is 5.73. The SMILES string of the molecule is C1=CCC=C1.c1cc(C2CCCCC2)ccn1.c1ccncc1. The molecule has 1 fully saturated rings. The third-order valence-electron chi connectivity index (χ3n) is 4.00. The lowest BCUT2D eigenvalue weighted by atomic mass is 9.85. The van der Waals surface area contributed by atoms with Gasteiger partial charge >= 0.3 is 0 Å². The quantitative estimate of drug-likeness (QED) is 0.674. The molecule has 0 bridgehead atoms. The molecule has 2 nitrogen and oxygen atoms in total. The zero-order chi connectivity index (χ0) is 16.0. The van der Waals surface area contributed by atoms with Crippen LogP contribution in [0.3, 0.4) is 0 Å². The van der Waals surface area contributed by atoms with Gasteiger partial charge in [-0.05, 0) is 55.0 Å². The van der Waals surface area contributed by atoms with Gasteiger partial charge in [-0.1, -0.05) is 49.6 Å². The summed E-state index contributed by atoms with van der Waals surface area (Å²) in [7, 11) is 0. The topological polar surface area (TPSA) is 25.8 Å². The van der Waals surface area contributed by atoms with E-state index in [1.165, 1.54) is 37.7 Å². The molecular formula is C21H26N2. The van der Waals surface area contributed by atoms with Crippen LogP contribution in [-0.2, 0) is 0 Å². The summed E-state index contributed by atoms with van der Waals surface area (Å²) in [6.45, 7) is 0. The van der Waals surface area contributed by atoms with E-state index in [2.05, 4.69) is 46.4 Å². The predicted molar refractivity (Wildman–Crippen MR) is 97.2 cm³/mol. The van der Waals surface area contributed by atoms with Crippen LogP contribution < -0.4 is 0 Å². The van der Waals surface area contributed by atoms with E-state index in [0.717, 1.165) is 12.3 Å². The molecule has 0 spiro atoms. The zero-order valence-electron chi connectivity index (χ0n) is 13.7. The van der Waals surface area contributed by atoms with Gasteiger partial charge in [0.15, 0.2) is 0 Å². The van der Waals surface area contributed by atoms with Crippen molar-refractivity contribution in [3.8, 4) is 0 Å². The number of aromatic nitrogens is 2. The number of nitrogens with zero attached hydrogens (tertiary/aromatic N) is 2. The summed E-state index contributed by atoms with van der Waals surface area (Å²) in [6, 6.07) is 10.0. The number of allylic oxidation sites excluding steroid dienone is 4. The second-order valence-electron chi connectivity index (χ2n) is 5.73. The van der Waals surface area contributed by atoms with Crippen LogP contribution in [0.1, 0.15) is 50.0 Å². The van der Waals surface area contributed by atoms with E-state index in [9.17, 15) is 0 Å². The van der Waals surface area contributed by atoms with E-state index in [1.807, 2.05) is 30.6 Å². The van der Waals surface area contributed by atoms with Crippen molar-refractivity contribution in [1.29, 1.82) is 0 Å². The van der Waals surface area contributed by atoms with Gasteiger partial charge in [-0.3, -0.25) is 9.97 Å². The summed E-state index contributed by atoms with van der Waals surface area (Å²) in [5.74, 6) is 0.821. The van der Waals surface area contributed by atoms with Crippen LogP contribution in [0.25, 0.3) is 0 Å². The fraction of sp³-hybridized carbons (Fsp3) is 0.333. The van der Waals surface area contributed by atoms with Crippen LogP contribution >= 0.6 is 0 Å². The number of hydrogen-bond donors (Lipinski definition) is 0. The molecule has 2 heteroatoms. The van der Waals surface area contributed by atoms with Crippen LogP contribution in [-0.4, -0.2) is 9.97 Å². The Labute approximate surface area is 140 Å². The Morgan fingerprint density at radius 2 is 1.30 bits per heavy atom. The molecule has 0 atom stereocenters. The van der Waals surface area contributed by atoms with Crippen molar-refractivity contribution >= 4 is 0 Å². The van der Waals surface area contributed by atoms with E-state index in [4.69, 9.17) is 0 Å².